The zero-order chi connectivity index (χ0) is 8.97. The van der Waals surface area contributed by atoms with Gasteiger partial charge in [-0.05, 0) is 12.1 Å². The summed E-state index contributed by atoms with van der Waals surface area (Å²) in [5, 5.41) is 0. The lowest BCUT2D eigenvalue weighted by molar-refractivity contribution is -0.688. The number of Topliss-reactive ketones (excluding diaryl/α,β-unsaturated/α-hetero) is 1. The van der Waals surface area contributed by atoms with Crippen LogP contribution in [0.25, 0.3) is 0 Å². The minimum Gasteiger partial charge on any atom is -1.00 e. The van der Waals surface area contributed by atoms with Gasteiger partial charge in [0, 0.05) is 19.1 Å². The molecule has 70 valence electrons. The molecule has 1 rings (SSSR count). The quantitative estimate of drug-likeness (QED) is 0.354. The highest BCUT2D eigenvalue weighted by molar-refractivity contribution is 5.90. The van der Waals surface area contributed by atoms with Crippen LogP contribution in [0.5, 0.6) is 0 Å². The maximum absolute atomic E-state index is 11.1. The second-order valence-electron chi connectivity index (χ2n) is 2.58. The van der Waals surface area contributed by atoms with Gasteiger partial charge in [-0.3, -0.25) is 4.79 Å². The number of pyridine rings is 1. The fourth-order valence-electron chi connectivity index (χ4n) is 1.09. The molecule has 0 unspecified atom stereocenters. The Kier molecular flexibility index (Phi) is 5.23. The van der Waals surface area contributed by atoms with Crippen molar-refractivity contribution in [3.63, 3.8) is 0 Å². The molecule has 13 heavy (non-hydrogen) atoms. The molecule has 0 aliphatic carbocycles. The van der Waals surface area contributed by atoms with Crippen LogP contribution in [-0.2, 0) is 6.54 Å². The van der Waals surface area contributed by atoms with E-state index in [1.807, 2.05) is 29.0 Å². The van der Waals surface area contributed by atoms with Crippen molar-refractivity contribution in [3.05, 3.63) is 42.7 Å². The van der Waals surface area contributed by atoms with E-state index in [1.54, 1.807) is 13.0 Å². The molecule has 0 aromatic carbocycles. The first-order valence-corrected chi connectivity index (χ1v) is 3.86. The van der Waals surface area contributed by atoms with Crippen LogP contribution in [0.3, 0.4) is 0 Å². The smallest absolute Gasteiger partial charge is 0.248 e. The molecule has 1 aromatic heterocycles. The van der Waals surface area contributed by atoms with Crippen LogP contribution >= 0.6 is 0 Å². The fourth-order valence-corrected chi connectivity index (χ4v) is 1.09. The van der Waals surface area contributed by atoms with Crippen LogP contribution in [0, 0.1) is 0 Å². The van der Waals surface area contributed by atoms with E-state index in [0.29, 0.717) is 6.54 Å². The first kappa shape index (κ1) is 12.0. The monoisotopic (exact) mass is 241 g/mol. The van der Waals surface area contributed by atoms with Gasteiger partial charge in [0.2, 0.25) is 11.5 Å². The number of nitrogens with zero attached hydrogens (tertiary/aromatic N) is 1. The summed E-state index contributed by atoms with van der Waals surface area (Å²) in [6.07, 6.45) is 3.64. The summed E-state index contributed by atoms with van der Waals surface area (Å²) in [6, 6.07) is 5.57. The van der Waals surface area contributed by atoms with E-state index in [-0.39, 0.29) is 22.8 Å². The van der Waals surface area contributed by atoms with Gasteiger partial charge in [-0.25, -0.2) is 0 Å². The molecular formula is C10H12BrNO. The van der Waals surface area contributed by atoms with Crippen LogP contribution in [-0.4, -0.2) is 5.78 Å². The van der Waals surface area contributed by atoms with E-state index < -0.39 is 0 Å². The number of carbonyl (C=O) groups is 1. The molecule has 0 atom stereocenters. The van der Waals surface area contributed by atoms with Gasteiger partial charge in [-0.2, -0.15) is 4.57 Å². The minimum absolute atomic E-state index is 0. The fraction of sp³-hybridized carbons (Fsp3) is 0.200. The summed E-state index contributed by atoms with van der Waals surface area (Å²) < 4.78 is 1.87. The third-order valence-electron chi connectivity index (χ3n) is 1.63. The van der Waals surface area contributed by atoms with Crippen LogP contribution in [0.15, 0.2) is 37.1 Å². The van der Waals surface area contributed by atoms with E-state index in [9.17, 15) is 4.79 Å². The van der Waals surface area contributed by atoms with Crippen molar-refractivity contribution in [2.75, 3.05) is 0 Å². The minimum atomic E-state index is 0. The highest BCUT2D eigenvalue weighted by atomic mass is 79.9. The number of hydrogen-bond acceptors (Lipinski definition) is 1. The van der Waals surface area contributed by atoms with Gasteiger partial charge in [0.15, 0.2) is 12.7 Å². The predicted octanol–water partition coefficient (Wildman–Crippen LogP) is -1.63. The molecule has 0 fully saturated rings. The average Bonchev–Trinajstić information content (AvgIpc) is 2.05. The molecule has 0 N–H and O–H groups in total. The lowest BCUT2D eigenvalue weighted by Crippen LogP contribution is -3.00. The molecule has 3 heteroatoms. The Morgan fingerprint density at radius 3 is 2.85 bits per heavy atom. The number of ketones is 1. The van der Waals surface area contributed by atoms with Crippen LogP contribution in [0.1, 0.15) is 17.4 Å². The number of hydrogen-bond donors (Lipinski definition) is 0. The molecule has 0 saturated heterocycles. The van der Waals surface area contributed by atoms with E-state index >= 15 is 0 Å². The second-order valence-corrected chi connectivity index (χ2v) is 2.58. The Labute approximate surface area is 88.7 Å². The maximum atomic E-state index is 11.1. The number of aromatic nitrogens is 1. The lowest BCUT2D eigenvalue weighted by Gasteiger charge is -1.96. The Morgan fingerprint density at radius 2 is 2.31 bits per heavy atom. The number of halogens is 1. The zero-order valence-corrected chi connectivity index (χ0v) is 9.12. The zero-order valence-electron chi connectivity index (χ0n) is 7.53. The first-order chi connectivity index (χ1) is 5.75. The van der Waals surface area contributed by atoms with Gasteiger partial charge >= 0.3 is 0 Å². The molecule has 0 bridgehead atoms. The summed E-state index contributed by atoms with van der Waals surface area (Å²) in [7, 11) is 0. The van der Waals surface area contributed by atoms with Crippen molar-refractivity contribution in [1.29, 1.82) is 0 Å². The largest absolute Gasteiger partial charge is 1.00 e. The molecule has 2 nitrogen and oxygen atoms in total. The van der Waals surface area contributed by atoms with Gasteiger partial charge in [0.05, 0.1) is 0 Å². The number of rotatable bonds is 3. The third-order valence-corrected chi connectivity index (χ3v) is 1.63. The molecule has 0 aliphatic rings. The molecule has 1 heterocycles. The summed E-state index contributed by atoms with van der Waals surface area (Å²) in [5.41, 5.74) is 0.720. The molecular weight excluding hydrogens is 230 g/mol. The van der Waals surface area contributed by atoms with E-state index in [4.69, 9.17) is 0 Å². The normalized spacial score (nSPS) is 8.69. The van der Waals surface area contributed by atoms with Crippen molar-refractivity contribution in [2.45, 2.75) is 13.5 Å². The number of carbonyl (C=O) groups excluding carboxylic acids is 1. The van der Waals surface area contributed by atoms with Crippen molar-refractivity contribution in [1.82, 2.24) is 0 Å². The molecule has 0 spiro atoms. The Morgan fingerprint density at radius 1 is 1.62 bits per heavy atom. The van der Waals surface area contributed by atoms with Gasteiger partial charge in [-0.15, -0.1) is 0 Å². The topological polar surface area (TPSA) is 20.9 Å². The Balaban J connectivity index is 0.00000144. The van der Waals surface area contributed by atoms with Gasteiger partial charge < -0.3 is 17.0 Å². The lowest BCUT2D eigenvalue weighted by atomic mass is 10.2. The van der Waals surface area contributed by atoms with E-state index in [1.165, 1.54) is 0 Å². The summed E-state index contributed by atoms with van der Waals surface area (Å²) in [6.45, 7) is 5.87. The highest BCUT2D eigenvalue weighted by Crippen LogP contribution is 1.92. The maximum Gasteiger partial charge on any atom is 0.248 e. The Hall–Kier alpha value is -0.960. The van der Waals surface area contributed by atoms with Gasteiger partial charge in [-0.1, -0.05) is 6.58 Å². The molecule has 0 aliphatic heterocycles. The van der Waals surface area contributed by atoms with Crippen molar-refractivity contribution in [3.8, 4) is 0 Å². The van der Waals surface area contributed by atoms with Crippen molar-refractivity contribution >= 4 is 5.78 Å². The first-order valence-electron chi connectivity index (χ1n) is 3.86. The van der Waals surface area contributed by atoms with Crippen molar-refractivity contribution < 1.29 is 26.3 Å². The summed E-state index contributed by atoms with van der Waals surface area (Å²) >= 11 is 0. The summed E-state index contributed by atoms with van der Waals surface area (Å²) in [5.74, 6) is 0.0810. The number of allylic oxidation sites excluding steroid dienone is 1. The molecule has 1 aromatic rings. The molecule has 0 radical (unpaired) electrons. The standard InChI is InChI=1S/C10H12NO.BrH/c1-3-7-11-8-5-4-6-10(11)9(2)12;/h3-6,8H,1,7H2,2H3;1H/q+1;/p-1. The summed E-state index contributed by atoms with van der Waals surface area (Å²) in [4.78, 5) is 11.1. The second kappa shape index (κ2) is 5.65. The third kappa shape index (κ3) is 3.11. The van der Waals surface area contributed by atoms with Crippen LogP contribution in [0.4, 0.5) is 0 Å². The van der Waals surface area contributed by atoms with Gasteiger partial charge in [0.1, 0.15) is 0 Å². The van der Waals surface area contributed by atoms with Gasteiger partial charge in [0.25, 0.3) is 0 Å². The van der Waals surface area contributed by atoms with E-state index in [2.05, 4.69) is 6.58 Å². The highest BCUT2D eigenvalue weighted by Gasteiger charge is 2.11. The predicted molar refractivity (Wildman–Crippen MR) is 46.8 cm³/mol. The van der Waals surface area contributed by atoms with Crippen LogP contribution in [0.2, 0.25) is 0 Å². The average molecular weight is 242 g/mol. The van der Waals surface area contributed by atoms with Crippen molar-refractivity contribution in [2.24, 2.45) is 0 Å². The molecule has 0 saturated carbocycles. The van der Waals surface area contributed by atoms with Crippen LogP contribution < -0.4 is 21.5 Å². The Bertz CT molecular complexity index is 310. The molecule has 0 amide bonds. The van der Waals surface area contributed by atoms with E-state index in [0.717, 1.165) is 5.69 Å². The SMILES string of the molecule is C=CC[n+]1ccccc1C(C)=O.[Br-].